The standard InChI is InChI=1S/C26H28N8O2S/c1-16-30-31-32-34(16)20-9-7-18(8-10-20)24(35)27-15-17-5-4-6-19(13-17)25(36)29-26-28-22-12-11-21(33(2)3)14-23(22)37-26/h4-10,13,21H,11-12,14-15H2,1-3H3,(H,27,35)(H,28,29,36). The van der Waals surface area contributed by atoms with Gasteiger partial charge in [0, 0.05) is 28.6 Å². The lowest BCUT2D eigenvalue weighted by atomic mass is 9.97. The van der Waals surface area contributed by atoms with Crippen LogP contribution in [0.15, 0.2) is 48.5 Å². The van der Waals surface area contributed by atoms with Crippen molar-refractivity contribution in [1.29, 1.82) is 0 Å². The maximum absolute atomic E-state index is 12.9. The third-order valence-corrected chi connectivity index (χ3v) is 7.54. The van der Waals surface area contributed by atoms with Crippen molar-refractivity contribution in [1.82, 2.24) is 35.4 Å². The number of likely N-dealkylation sites (N-methyl/N-ethyl adjacent to an activating group) is 1. The van der Waals surface area contributed by atoms with Gasteiger partial charge >= 0.3 is 0 Å². The minimum Gasteiger partial charge on any atom is -0.348 e. The molecule has 0 aliphatic heterocycles. The van der Waals surface area contributed by atoms with Crippen LogP contribution in [0.3, 0.4) is 0 Å². The number of hydrogen-bond donors (Lipinski definition) is 2. The molecule has 5 rings (SSSR count). The molecule has 0 bridgehead atoms. The number of carbonyl (C=O) groups is 2. The average Bonchev–Trinajstić information content (AvgIpc) is 3.52. The first-order valence-electron chi connectivity index (χ1n) is 12.1. The van der Waals surface area contributed by atoms with Gasteiger partial charge in [0.1, 0.15) is 0 Å². The van der Waals surface area contributed by atoms with Gasteiger partial charge in [-0.3, -0.25) is 14.9 Å². The Hall–Kier alpha value is -3.96. The van der Waals surface area contributed by atoms with Crippen LogP contribution in [0.5, 0.6) is 0 Å². The van der Waals surface area contributed by atoms with Gasteiger partial charge in [0.25, 0.3) is 11.8 Å². The Balaban J connectivity index is 1.19. The topological polar surface area (TPSA) is 118 Å². The number of tetrazole rings is 1. The molecule has 0 fully saturated rings. The average molecular weight is 517 g/mol. The van der Waals surface area contributed by atoms with Crippen molar-refractivity contribution in [3.63, 3.8) is 0 Å². The first kappa shape index (κ1) is 24.7. The maximum Gasteiger partial charge on any atom is 0.257 e. The van der Waals surface area contributed by atoms with Gasteiger partial charge in [0.2, 0.25) is 0 Å². The van der Waals surface area contributed by atoms with Crippen LogP contribution in [0, 0.1) is 6.92 Å². The molecular weight excluding hydrogens is 488 g/mol. The highest BCUT2D eigenvalue weighted by Gasteiger charge is 2.24. The predicted molar refractivity (Wildman–Crippen MR) is 141 cm³/mol. The lowest BCUT2D eigenvalue weighted by Gasteiger charge is -2.27. The Morgan fingerprint density at radius 1 is 1.11 bits per heavy atom. The van der Waals surface area contributed by atoms with Crippen LogP contribution in [-0.2, 0) is 19.4 Å². The first-order chi connectivity index (χ1) is 17.9. The summed E-state index contributed by atoms with van der Waals surface area (Å²) in [5.74, 6) is 0.240. The quantitative estimate of drug-likeness (QED) is 0.388. The lowest BCUT2D eigenvalue weighted by molar-refractivity contribution is 0.0950. The molecule has 0 saturated carbocycles. The van der Waals surface area contributed by atoms with Crippen LogP contribution < -0.4 is 10.6 Å². The highest BCUT2D eigenvalue weighted by molar-refractivity contribution is 7.15. The van der Waals surface area contributed by atoms with E-state index in [1.807, 2.05) is 12.1 Å². The fourth-order valence-electron chi connectivity index (χ4n) is 4.35. The van der Waals surface area contributed by atoms with E-state index in [1.165, 1.54) is 4.88 Å². The van der Waals surface area contributed by atoms with Gasteiger partial charge in [0.05, 0.1) is 11.4 Å². The predicted octanol–water partition coefficient (Wildman–Crippen LogP) is 3.03. The zero-order valence-corrected chi connectivity index (χ0v) is 21.7. The first-order valence-corrected chi connectivity index (χ1v) is 12.9. The number of rotatable bonds is 7. The summed E-state index contributed by atoms with van der Waals surface area (Å²) < 4.78 is 1.60. The molecule has 1 unspecified atom stereocenters. The third kappa shape index (κ3) is 5.57. The van der Waals surface area contributed by atoms with Crippen LogP contribution in [-0.4, -0.2) is 62.0 Å². The Bertz CT molecular complexity index is 1430. The second-order valence-electron chi connectivity index (χ2n) is 9.27. The number of thiazole rings is 1. The smallest absolute Gasteiger partial charge is 0.257 e. The van der Waals surface area contributed by atoms with Crippen LogP contribution in [0.2, 0.25) is 0 Å². The number of nitrogens with zero attached hydrogens (tertiary/aromatic N) is 6. The fraction of sp³-hybridized carbons (Fsp3) is 0.308. The summed E-state index contributed by atoms with van der Waals surface area (Å²) in [6.45, 7) is 2.10. The number of aromatic nitrogens is 5. The summed E-state index contributed by atoms with van der Waals surface area (Å²) in [5.41, 5.74) is 3.74. The van der Waals surface area contributed by atoms with E-state index in [1.54, 1.807) is 59.3 Å². The Labute approximate surface area is 218 Å². The number of benzene rings is 2. The zero-order chi connectivity index (χ0) is 25.9. The van der Waals surface area contributed by atoms with Gasteiger partial charge in [-0.1, -0.05) is 12.1 Å². The lowest BCUT2D eigenvalue weighted by Crippen LogP contribution is -2.32. The molecule has 11 heteroatoms. The number of fused-ring (bicyclic) bond motifs is 1. The van der Waals surface area contributed by atoms with E-state index < -0.39 is 0 Å². The molecule has 2 heterocycles. The van der Waals surface area contributed by atoms with Crippen LogP contribution in [0.25, 0.3) is 5.69 Å². The molecule has 37 heavy (non-hydrogen) atoms. The number of nitrogens with one attached hydrogen (secondary N) is 2. The number of amides is 2. The van der Waals surface area contributed by atoms with Gasteiger partial charge in [-0.25, -0.2) is 4.98 Å². The van der Waals surface area contributed by atoms with E-state index in [2.05, 4.69) is 50.1 Å². The second-order valence-corrected chi connectivity index (χ2v) is 10.4. The van der Waals surface area contributed by atoms with Gasteiger partial charge in [0.15, 0.2) is 11.0 Å². The highest BCUT2D eigenvalue weighted by atomic mass is 32.1. The summed E-state index contributed by atoms with van der Waals surface area (Å²) in [6, 6.07) is 14.8. The molecule has 2 aromatic heterocycles. The minimum atomic E-state index is -0.211. The van der Waals surface area contributed by atoms with Crippen molar-refractivity contribution >= 4 is 28.3 Å². The Morgan fingerprint density at radius 3 is 2.65 bits per heavy atom. The van der Waals surface area contributed by atoms with Crippen molar-refractivity contribution < 1.29 is 9.59 Å². The van der Waals surface area contributed by atoms with Gasteiger partial charge < -0.3 is 10.2 Å². The molecule has 0 radical (unpaired) electrons. The van der Waals surface area contributed by atoms with Crippen LogP contribution in [0.1, 0.15) is 49.1 Å². The number of aryl methyl sites for hydroxylation is 2. The Kier molecular flexibility index (Phi) is 7.06. The molecule has 0 saturated heterocycles. The van der Waals surface area contributed by atoms with Crippen molar-refractivity contribution in [3.8, 4) is 5.69 Å². The Morgan fingerprint density at radius 2 is 1.92 bits per heavy atom. The zero-order valence-electron chi connectivity index (χ0n) is 20.9. The SMILES string of the molecule is Cc1nnnn1-c1ccc(C(=O)NCc2cccc(C(=O)Nc3nc4c(s3)CC(N(C)C)CC4)c2)cc1. The molecule has 1 aliphatic carbocycles. The van der Waals surface area contributed by atoms with Crippen molar-refractivity contribution in [3.05, 3.63) is 81.6 Å². The van der Waals surface area contributed by atoms with E-state index in [0.29, 0.717) is 34.7 Å². The minimum absolute atomic E-state index is 0.209. The van der Waals surface area contributed by atoms with Crippen LogP contribution >= 0.6 is 11.3 Å². The van der Waals surface area contributed by atoms with Gasteiger partial charge in [-0.2, -0.15) is 4.68 Å². The molecule has 190 valence electrons. The van der Waals surface area contributed by atoms with E-state index in [0.717, 1.165) is 36.2 Å². The normalized spacial score (nSPS) is 14.9. The van der Waals surface area contributed by atoms with Gasteiger partial charge in [-0.15, -0.1) is 16.4 Å². The summed E-state index contributed by atoms with van der Waals surface area (Å²) in [7, 11) is 4.20. The monoisotopic (exact) mass is 516 g/mol. The maximum atomic E-state index is 12.9. The molecule has 2 amide bonds. The number of carbonyl (C=O) groups excluding carboxylic acids is 2. The largest absolute Gasteiger partial charge is 0.348 e. The molecule has 4 aromatic rings. The molecule has 1 atom stereocenters. The van der Waals surface area contributed by atoms with Crippen molar-refractivity contribution in [2.45, 2.75) is 38.8 Å². The second kappa shape index (κ2) is 10.6. The number of anilines is 1. The van der Waals surface area contributed by atoms with E-state index in [9.17, 15) is 9.59 Å². The summed E-state index contributed by atoms with van der Waals surface area (Å²) in [4.78, 5) is 33.7. The summed E-state index contributed by atoms with van der Waals surface area (Å²) >= 11 is 1.56. The molecule has 2 N–H and O–H groups in total. The molecule has 1 aliphatic rings. The van der Waals surface area contributed by atoms with Crippen LogP contribution in [0.4, 0.5) is 5.13 Å². The van der Waals surface area contributed by atoms with E-state index in [-0.39, 0.29) is 11.8 Å². The molecular formula is C26H28N8O2S. The third-order valence-electron chi connectivity index (χ3n) is 6.51. The fourth-order valence-corrected chi connectivity index (χ4v) is 5.43. The molecule has 10 nitrogen and oxygen atoms in total. The van der Waals surface area contributed by atoms with E-state index >= 15 is 0 Å². The van der Waals surface area contributed by atoms with Crippen molar-refractivity contribution in [2.24, 2.45) is 0 Å². The highest BCUT2D eigenvalue weighted by Crippen LogP contribution is 2.31. The number of hydrogen-bond acceptors (Lipinski definition) is 8. The summed E-state index contributed by atoms with van der Waals surface area (Å²) in [5, 5.41) is 17.9. The van der Waals surface area contributed by atoms with E-state index in [4.69, 9.17) is 0 Å². The molecule has 2 aromatic carbocycles. The summed E-state index contributed by atoms with van der Waals surface area (Å²) in [6.07, 6.45) is 2.97. The van der Waals surface area contributed by atoms with Crippen molar-refractivity contribution in [2.75, 3.05) is 19.4 Å². The molecule has 0 spiro atoms. The van der Waals surface area contributed by atoms with Gasteiger partial charge in [-0.05, 0) is 92.7 Å².